The van der Waals surface area contributed by atoms with Gasteiger partial charge in [-0.05, 0) is 36.1 Å². The van der Waals surface area contributed by atoms with Gasteiger partial charge in [0.25, 0.3) is 0 Å². The molecular formula is C16H18O3. The van der Waals surface area contributed by atoms with Gasteiger partial charge in [-0.1, -0.05) is 32.0 Å². The predicted octanol–water partition coefficient (Wildman–Crippen LogP) is 3.60. The Balaban J connectivity index is 2.81. The first kappa shape index (κ1) is 13.3. The number of aromatic hydroxyl groups is 3. The topological polar surface area (TPSA) is 60.7 Å². The second-order valence-electron chi connectivity index (χ2n) is 4.48. The van der Waals surface area contributed by atoms with Gasteiger partial charge in [0.1, 0.15) is 5.75 Å². The van der Waals surface area contributed by atoms with E-state index < -0.39 is 0 Å². The Bertz CT molecular complexity index is 603. The van der Waals surface area contributed by atoms with Crippen molar-refractivity contribution >= 4 is 0 Å². The molecule has 0 atom stereocenters. The third kappa shape index (κ3) is 2.24. The smallest absolute Gasteiger partial charge is 0.161 e. The number of hydrogen-bond acceptors (Lipinski definition) is 3. The molecule has 0 bridgehead atoms. The first-order valence-corrected chi connectivity index (χ1v) is 6.45. The van der Waals surface area contributed by atoms with Crippen LogP contribution in [0.5, 0.6) is 17.2 Å². The van der Waals surface area contributed by atoms with Crippen LogP contribution < -0.4 is 0 Å². The second kappa shape index (κ2) is 5.22. The molecule has 0 spiro atoms. The highest BCUT2D eigenvalue weighted by atomic mass is 16.3. The van der Waals surface area contributed by atoms with Gasteiger partial charge in [0.2, 0.25) is 0 Å². The molecule has 0 aromatic heterocycles. The number of para-hydroxylation sites is 1. The molecule has 2 aromatic rings. The van der Waals surface area contributed by atoms with E-state index >= 15 is 0 Å². The van der Waals surface area contributed by atoms with E-state index in [1.165, 1.54) is 0 Å². The first-order chi connectivity index (χ1) is 9.10. The normalized spacial score (nSPS) is 10.6. The zero-order valence-electron chi connectivity index (χ0n) is 11.1. The van der Waals surface area contributed by atoms with Crippen LogP contribution >= 0.6 is 0 Å². The predicted molar refractivity (Wildman–Crippen MR) is 75.6 cm³/mol. The quantitative estimate of drug-likeness (QED) is 0.737. The van der Waals surface area contributed by atoms with E-state index in [9.17, 15) is 15.3 Å². The van der Waals surface area contributed by atoms with Crippen LogP contribution in [-0.4, -0.2) is 15.3 Å². The molecule has 2 aromatic carbocycles. The number of rotatable bonds is 3. The van der Waals surface area contributed by atoms with E-state index in [4.69, 9.17) is 0 Å². The summed E-state index contributed by atoms with van der Waals surface area (Å²) in [6.07, 6.45) is 1.29. The van der Waals surface area contributed by atoms with Crippen molar-refractivity contribution in [2.24, 2.45) is 0 Å². The number of phenolic OH excluding ortho intramolecular Hbond substituents is 3. The zero-order chi connectivity index (χ0) is 14.0. The Hall–Kier alpha value is -2.16. The van der Waals surface area contributed by atoms with Crippen LogP contribution in [0.25, 0.3) is 11.1 Å². The molecule has 3 N–H and O–H groups in total. The van der Waals surface area contributed by atoms with Gasteiger partial charge in [-0.15, -0.1) is 0 Å². The van der Waals surface area contributed by atoms with Gasteiger partial charge in [0, 0.05) is 11.1 Å². The summed E-state index contributed by atoms with van der Waals surface area (Å²) in [5.41, 5.74) is 3.08. The maximum absolute atomic E-state index is 10.0. The molecule has 0 heterocycles. The third-order valence-corrected chi connectivity index (χ3v) is 3.37. The van der Waals surface area contributed by atoms with Gasteiger partial charge in [-0.3, -0.25) is 0 Å². The van der Waals surface area contributed by atoms with Crippen LogP contribution in [0.4, 0.5) is 0 Å². The molecule has 0 saturated heterocycles. The largest absolute Gasteiger partial charge is 0.507 e. The second-order valence-corrected chi connectivity index (χ2v) is 4.48. The molecule has 3 heteroatoms. The summed E-state index contributed by atoms with van der Waals surface area (Å²) >= 11 is 0. The molecule has 0 aliphatic rings. The van der Waals surface area contributed by atoms with Crippen LogP contribution in [0.3, 0.4) is 0 Å². The van der Waals surface area contributed by atoms with Gasteiger partial charge < -0.3 is 15.3 Å². The van der Waals surface area contributed by atoms with Crippen LogP contribution in [0.15, 0.2) is 30.3 Å². The molecule has 0 radical (unpaired) electrons. The lowest BCUT2D eigenvalue weighted by Gasteiger charge is -2.17. The highest BCUT2D eigenvalue weighted by Crippen LogP contribution is 2.42. The lowest BCUT2D eigenvalue weighted by molar-refractivity contribution is 0.399. The minimum absolute atomic E-state index is 0.0991. The van der Waals surface area contributed by atoms with Crippen LogP contribution in [0.1, 0.15) is 25.0 Å². The first-order valence-electron chi connectivity index (χ1n) is 6.45. The highest BCUT2D eigenvalue weighted by molar-refractivity contribution is 5.79. The van der Waals surface area contributed by atoms with Crippen molar-refractivity contribution in [1.29, 1.82) is 0 Å². The summed E-state index contributed by atoms with van der Waals surface area (Å²) in [7, 11) is 0. The van der Waals surface area contributed by atoms with Crippen LogP contribution in [0.2, 0.25) is 0 Å². The molecule has 0 amide bonds. The SMILES string of the molecule is CCc1cc(O)c(O)c(CC)c1-c1ccccc1O. The summed E-state index contributed by atoms with van der Waals surface area (Å²) in [4.78, 5) is 0. The van der Waals surface area contributed by atoms with Crippen molar-refractivity contribution in [3.63, 3.8) is 0 Å². The zero-order valence-corrected chi connectivity index (χ0v) is 11.1. The maximum Gasteiger partial charge on any atom is 0.161 e. The van der Waals surface area contributed by atoms with E-state index in [-0.39, 0.29) is 17.2 Å². The Morgan fingerprint density at radius 1 is 0.895 bits per heavy atom. The minimum atomic E-state index is -0.104. The average Bonchev–Trinajstić information content (AvgIpc) is 2.42. The van der Waals surface area contributed by atoms with E-state index in [1.807, 2.05) is 26.0 Å². The van der Waals surface area contributed by atoms with Crippen molar-refractivity contribution in [2.45, 2.75) is 26.7 Å². The number of aryl methyl sites for hydroxylation is 1. The van der Waals surface area contributed by atoms with Crippen molar-refractivity contribution in [3.05, 3.63) is 41.5 Å². The molecule has 3 nitrogen and oxygen atoms in total. The molecule has 0 aliphatic heterocycles. The van der Waals surface area contributed by atoms with Gasteiger partial charge in [0.05, 0.1) is 0 Å². The Morgan fingerprint density at radius 3 is 2.16 bits per heavy atom. The lowest BCUT2D eigenvalue weighted by Crippen LogP contribution is -1.96. The summed E-state index contributed by atoms with van der Waals surface area (Å²) in [6.45, 7) is 3.90. The van der Waals surface area contributed by atoms with Crippen LogP contribution in [0, 0.1) is 0 Å². The summed E-state index contributed by atoms with van der Waals surface area (Å²) < 4.78 is 0. The van der Waals surface area contributed by atoms with Gasteiger partial charge >= 0.3 is 0 Å². The molecular weight excluding hydrogens is 240 g/mol. The molecule has 0 saturated carbocycles. The van der Waals surface area contributed by atoms with Crippen molar-refractivity contribution in [1.82, 2.24) is 0 Å². The standard InChI is InChI=1S/C16H18O3/c1-3-10-9-14(18)16(19)11(4-2)15(10)12-7-5-6-8-13(12)17/h5-9,17-19H,3-4H2,1-2H3. The fourth-order valence-electron chi connectivity index (χ4n) is 2.42. The molecule has 19 heavy (non-hydrogen) atoms. The van der Waals surface area contributed by atoms with Crippen molar-refractivity contribution in [3.8, 4) is 28.4 Å². The maximum atomic E-state index is 10.0. The number of hydrogen-bond donors (Lipinski definition) is 3. The third-order valence-electron chi connectivity index (χ3n) is 3.37. The van der Waals surface area contributed by atoms with E-state index in [1.54, 1.807) is 18.2 Å². The monoisotopic (exact) mass is 258 g/mol. The summed E-state index contributed by atoms with van der Waals surface area (Å²) in [5.74, 6) is -0.0252. The van der Waals surface area contributed by atoms with Crippen molar-refractivity contribution in [2.75, 3.05) is 0 Å². The molecule has 0 aliphatic carbocycles. The van der Waals surface area contributed by atoms with Crippen LogP contribution in [-0.2, 0) is 12.8 Å². The van der Waals surface area contributed by atoms with Gasteiger partial charge in [0.15, 0.2) is 11.5 Å². The van der Waals surface area contributed by atoms with E-state index in [0.29, 0.717) is 24.0 Å². The molecule has 0 fully saturated rings. The average molecular weight is 258 g/mol. The Kier molecular flexibility index (Phi) is 3.65. The molecule has 100 valence electrons. The van der Waals surface area contributed by atoms with Crippen molar-refractivity contribution < 1.29 is 15.3 Å². The van der Waals surface area contributed by atoms with Gasteiger partial charge in [-0.2, -0.15) is 0 Å². The Labute approximate surface area is 112 Å². The summed E-state index contributed by atoms with van der Waals surface area (Å²) in [5, 5.41) is 29.8. The lowest BCUT2D eigenvalue weighted by atomic mass is 9.90. The fraction of sp³-hybridized carbons (Fsp3) is 0.250. The van der Waals surface area contributed by atoms with E-state index in [2.05, 4.69) is 0 Å². The van der Waals surface area contributed by atoms with E-state index in [0.717, 1.165) is 11.1 Å². The molecule has 2 rings (SSSR count). The number of phenols is 3. The minimum Gasteiger partial charge on any atom is -0.507 e. The number of benzene rings is 2. The highest BCUT2D eigenvalue weighted by Gasteiger charge is 2.18. The Morgan fingerprint density at radius 2 is 1.58 bits per heavy atom. The summed E-state index contributed by atoms with van der Waals surface area (Å²) in [6, 6.07) is 8.61. The fourth-order valence-corrected chi connectivity index (χ4v) is 2.42. The van der Waals surface area contributed by atoms with Gasteiger partial charge in [-0.25, -0.2) is 0 Å². The molecule has 0 unspecified atom stereocenters.